The number of esters is 1. The first-order valence-electron chi connectivity index (χ1n) is 6.71. The zero-order chi connectivity index (χ0) is 14.0. The highest BCUT2D eigenvalue weighted by atomic mass is 16.5. The number of carbonyl (C=O) groups excluding carboxylic acids is 1. The Balaban J connectivity index is 1.97. The van der Waals surface area contributed by atoms with Gasteiger partial charge in [0.2, 0.25) is 0 Å². The molecule has 6 heteroatoms. The summed E-state index contributed by atoms with van der Waals surface area (Å²) in [6.07, 6.45) is 2.42. The maximum atomic E-state index is 11.7. The Morgan fingerprint density at radius 1 is 1.21 bits per heavy atom. The van der Waals surface area contributed by atoms with E-state index < -0.39 is 5.54 Å². The minimum absolute atomic E-state index is 0.0934. The fourth-order valence-corrected chi connectivity index (χ4v) is 3.27. The van der Waals surface area contributed by atoms with Gasteiger partial charge in [-0.15, -0.1) is 0 Å². The Bertz CT molecular complexity index is 327. The van der Waals surface area contributed by atoms with Crippen molar-refractivity contribution < 1.29 is 19.0 Å². The first-order chi connectivity index (χ1) is 9.04. The summed E-state index contributed by atoms with van der Waals surface area (Å²) < 4.78 is 15.7. The van der Waals surface area contributed by atoms with Crippen molar-refractivity contribution >= 4 is 5.97 Å². The van der Waals surface area contributed by atoms with Gasteiger partial charge in [0.1, 0.15) is 5.54 Å². The first-order valence-corrected chi connectivity index (χ1v) is 6.71. The number of rotatable bonds is 4. The van der Waals surface area contributed by atoms with E-state index in [2.05, 4.69) is 4.90 Å². The smallest absolute Gasteiger partial charge is 0.325 e. The van der Waals surface area contributed by atoms with Gasteiger partial charge in [0, 0.05) is 33.4 Å². The molecule has 1 aliphatic carbocycles. The molecule has 1 saturated heterocycles. The molecule has 2 fully saturated rings. The topological polar surface area (TPSA) is 74.0 Å². The third kappa shape index (κ3) is 2.76. The highest BCUT2D eigenvalue weighted by molar-refractivity contribution is 5.81. The van der Waals surface area contributed by atoms with Crippen LogP contribution in [0.1, 0.15) is 19.3 Å². The number of nitrogens with two attached hydrogens (primary N) is 1. The molecule has 0 spiro atoms. The van der Waals surface area contributed by atoms with Gasteiger partial charge in [-0.3, -0.25) is 9.69 Å². The van der Waals surface area contributed by atoms with E-state index in [1.54, 1.807) is 14.2 Å². The monoisotopic (exact) mass is 272 g/mol. The van der Waals surface area contributed by atoms with Crippen LogP contribution in [0.2, 0.25) is 0 Å². The lowest BCUT2D eigenvalue weighted by atomic mass is 9.99. The van der Waals surface area contributed by atoms with Crippen LogP contribution in [0.15, 0.2) is 0 Å². The molecule has 2 N–H and O–H groups in total. The van der Waals surface area contributed by atoms with E-state index in [1.807, 2.05) is 0 Å². The predicted octanol–water partition coefficient (Wildman–Crippen LogP) is -0.245. The molecule has 6 nitrogen and oxygen atoms in total. The Labute approximate surface area is 114 Å². The van der Waals surface area contributed by atoms with Gasteiger partial charge in [0.25, 0.3) is 0 Å². The van der Waals surface area contributed by atoms with Crippen molar-refractivity contribution in [2.75, 3.05) is 34.4 Å². The SMILES string of the molecule is COC(=O)C1(N)CCC(N2CC(OC)C(OC)C2)C1. The molecular formula is C13H24N2O4. The van der Waals surface area contributed by atoms with Crippen molar-refractivity contribution in [3.63, 3.8) is 0 Å². The van der Waals surface area contributed by atoms with Crippen molar-refractivity contribution in [3.8, 4) is 0 Å². The highest BCUT2D eigenvalue weighted by Gasteiger charge is 2.47. The fraction of sp³-hybridized carbons (Fsp3) is 0.923. The number of nitrogens with zero attached hydrogens (tertiary/aromatic N) is 1. The number of methoxy groups -OCH3 is 3. The second-order valence-corrected chi connectivity index (χ2v) is 5.55. The molecule has 110 valence electrons. The fourth-order valence-electron chi connectivity index (χ4n) is 3.27. The summed E-state index contributed by atoms with van der Waals surface area (Å²) in [4.78, 5) is 14.0. The zero-order valence-electron chi connectivity index (χ0n) is 11.9. The van der Waals surface area contributed by atoms with Crippen LogP contribution in [0.4, 0.5) is 0 Å². The number of carbonyl (C=O) groups is 1. The molecule has 4 unspecified atom stereocenters. The van der Waals surface area contributed by atoms with E-state index in [4.69, 9.17) is 19.9 Å². The number of hydrogen-bond donors (Lipinski definition) is 1. The van der Waals surface area contributed by atoms with Crippen molar-refractivity contribution in [1.82, 2.24) is 4.90 Å². The van der Waals surface area contributed by atoms with Gasteiger partial charge in [0.15, 0.2) is 0 Å². The minimum atomic E-state index is -0.826. The van der Waals surface area contributed by atoms with Crippen LogP contribution < -0.4 is 5.73 Å². The molecule has 0 aromatic rings. The van der Waals surface area contributed by atoms with E-state index >= 15 is 0 Å². The van der Waals surface area contributed by atoms with Crippen molar-refractivity contribution in [3.05, 3.63) is 0 Å². The molecule has 0 radical (unpaired) electrons. The van der Waals surface area contributed by atoms with Gasteiger partial charge < -0.3 is 19.9 Å². The summed E-state index contributed by atoms with van der Waals surface area (Å²) in [6, 6.07) is 0.307. The lowest BCUT2D eigenvalue weighted by molar-refractivity contribution is -0.146. The largest absolute Gasteiger partial charge is 0.468 e. The molecule has 2 rings (SSSR count). The summed E-state index contributed by atoms with van der Waals surface area (Å²) in [7, 11) is 4.80. The average Bonchev–Trinajstić information content (AvgIpc) is 3.01. The van der Waals surface area contributed by atoms with Crippen LogP contribution in [0.25, 0.3) is 0 Å². The van der Waals surface area contributed by atoms with E-state index in [0.717, 1.165) is 19.5 Å². The number of likely N-dealkylation sites (tertiary alicyclic amines) is 1. The summed E-state index contributed by atoms with van der Waals surface area (Å²) in [5, 5.41) is 0. The molecule has 0 bridgehead atoms. The predicted molar refractivity (Wildman–Crippen MR) is 69.7 cm³/mol. The van der Waals surface area contributed by atoms with Gasteiger partial charge in [-0.1, -0.05) is 0 Å². The van der Waals surface area contributed by atoms with Crippen LogP contribution in [-0.4, -0.2) is 69.1 Å². The maximum Gasteiger partial charge on any atom is 0.325 e. The van der Waals surface area contributed by atoms with Crippen LogP contribution in [-0.2, 0) is 19.0 Å². The van der Waals surface area contributed by atoms with E-state index in [0.29, 0.717) is 18.9 Å². The highest BCUT2D eigenvalue weighted by Crippen LogP contribution is 2.34. The molecule has 4 atom stereocenters. The average molecular weight is 272 g/mol. The molecule has 1 saturated carbocycles. The molecule has 0 aromatic carbocycles. The lowest BCUT2D eigenvalue weighted by Gasteiger charge is -2.26. The van der Waals surface area contributed by atoms with E-state index in [-0.39, 0.29) is 18.2 Å². The summed E-state index contributed by atoms with van der Waals surface area (Å²) in [5.41, 5.74) is 5.32. The Kier molecular flexibility index (Phi) is 4.45. The van der Waals surface area contributed by atoms with Crippen LogP contribution in [0, 0.1) is 0 Å². The molecule has 2 aliphatic rings. The number of hydrogen-bond acceptors (Lipinski definition) is 6. The Hall–Kier alpha value is -0.690. The summed E-state index contributed by atoms with van der Waals surface area (Å²) in [5.74, 6) is -0.305. The van der Waals surface area contributed by atoms with Crippen molar-refractivity contribution in [2.45, 2.75) is 43.1 Å². The maximum absolute atomic E-state index is 11.7. The Morgan fingerprint density at radius 3 is 2.26 bits per heavy atom. The zero-order valence-corrected chi connectivity index (χ0v) is 11.9. The minimum Gasteiger partial charge on any atom is -0.468 e. The molecular weight excluding hydrogens is 248 g/mol. The molecule has 19 heavy (non-hydrogen) atoms. The second kappa shape index (κ2) is 5.75. The summed E-state index contributed by atoms with van der Waals surface area (Å²) >= 11 is 0. The van der Waals surface area contributed by atoms with E-state index in [1.165, 1.54) is 7.11 Å². The van der Waals surface area contributed by atoms with Crippen molar-refractivity contribution in [2.24, 2.45) is 5.73 Å². The third-order valence-electron chi connectivity index (χ3n) is 4.48. The molecule has 0 aromatic heterocycles. The van der Waals surface area contributed by atoms with Gasteiger partial charge in [-0.05, 0) is 19.3 Å². The van der Waals surface area contributed by atoms with Gasteiger partial charge >= 0.3 is 5.97 Å². The molecule has 0 amide bonds. The van der Waals surface area contributed by atoms with E-state index in [9.17, 15) is 4.79 Å². The third-order valence-corrected chi connectivity index (χ3v) is 4.48. The summed E-state index contributed by atoms with van der Waals surface area (Å²) in [6.45, 7) is 1.66. The normalized spacial score (nSPS) is 39.7. The molecule has 1 heterocycles. The first kappa shape index (κ1) is 14.7. The van der Waals surface area contributed by atoms with Gasteiger partial charge in [0.05, 0.1) is 19.3 Å². The van der Waals surface area contributed by atoms with Crippen molar-refractivity contribution in [1.29, 1.82) is 0 Å². The van der Waals surface area contributed by atoms with Crippen LogP contribution >= 0.6 is 0 Å². The van der Waals surface area contributed by atoms with Crippen LogP contribution in [0.3, 0.4) is 0 Å². The lowest BCUT2D eigenvalue weighted by Crippen LogP contribution is -2.48. The standard InChI is InChI=1S/C13H24N2O4/c1-17-10-7-15(8-11(10)18-2)9-4-5-13(14,6-9)12(16)19-3/h9-11H,4-8,14H2,1-3H3. The van der Waals surface area contributed by atoms with Gasteiger partial charge in [-0.2, -0.15) is 0 Å². The van der Waals surface area contributed by atoms with Crippen LogP contribution in [0.5, 0.6) is 0 Å². The number of ether oxygens (including phenoxy) is 3. The quantitative estimate of drug-likeness (QED) is 0.712. The Morgan fingerprint density at radius 2 is 1.79 bits per heavy atom. The van der Waals surface area contributed by atoms with Gasteiger partial charge in [-0.25, -0.2) is 0 Å². The second-order valence-electron chi connectivity index (χ2n) is 5.55. The molecule has 1 aliphatic heterocycles.